The van der Waals surface area contributed by atoms with Crippen LogP contribution in [0, 0.1) is 0 Å². The summed E-state index contributed by atoms with van der Waals surface area (Å²) in [7, 11) is -3.48. The van der Waals surface area contributed by atoms with Crippen LogP contribution in [0.1, 0.15) is 33.6 Å². The van der Waals surface area contributed by atoms with Crippen molar-refractivity contribution in [2.45, 2.75) is 50.6 Å². The fourth-order valence-corrected chi connectivity index (χ4v) is 3.96. The Morgan fingerprint density at radius 1 is 1.26 bits per heavy atom. The molecule has 1 aromatic heterocycles. The molecule has 1 aromatic rings. The molecule has 0 saturated carbocycles. The van der Waals surface area contributed by atoms with Gasteiger partial charge in [0.05, 0.1) is 4.90 Å². The lowest BCUT2D eigenvalue weighted by atomic mass is 10.3. The molecule has 7 nitrogen and oxygen atoms in total. The van der Waals surface area contributed by atoms with Crippen LogP contribution in [0.2, 0.25) is 0 Å². The van der Waals surface area contributed by atoms with Crippen LogP contribution in [0.5, 0.6) is 0 Å². The van der Waals surface area contributed by atoms with Crippen LogP contribution < -0.4 is 10.6 Å². The Balaban J connectivity index is 2.12. The number of nitrogens with one attached hydrogen (secondary N) is 2. The Kier molecular flexibility index (Phi) is 5.59. The third kappa shape index (κ3) is 4.42. The Hall–Kier alpha value is -1.67. The summed E-state index contributed by atoms with van der Waals surface area (Å²) < 4.78 is 26.6. The molecule has 0 radical (unpaired) electrons. The van der Waals surface area contributed by atoms with Crippen LogP contribution in [0.4, 0.5) is 5.82 Å². The summed E-state index contributed by atoms with van der Waals surface area (Å²) >= 11 is 0. The van der Waals surface area contributed by atoms with Gasteiger partial charge in [-0.25, -0.2) is 13.4 Å². The number of aromatic nitrogens is 1. The van der Waals surface area contributed by atoms with E-state index in [9.17, 15) is 13.2 Å². The predicted octanol–water partition coefficient (Wildman–Crippen LogP) is 1.19. The molecule has 2 N–H and O–H groups in total. The van der Waals surface area contributed by atoms with E-state index in [0.29, 0.717) is 18.9 Å². The van der Waals surface area contributed by atoms with E-state index in [0.717, 1.165) is 12.8 Å². The molecule has 1 atom stereocenters. The third-order valence-electron chi connectivity index (χ3n) is 3.62. The van der Waals surface area contributed by atoms with Gasteiger partial charge in [-0.1, -0.05) is 0 Å². The predicted molar refractivity (Wildman–Crippen MR) is 88.6 cm³/mol. The van der Waals surface area contributed by atoms with Crippen molar-refractivity contribution in [3.63, 3.8) is 0 Å². The average molecular weight is 340 g/mol. The van der Waals surface area contributed by atoms with E-state index in [4.69, 9.17) is 0 Å². The van der Waals surface area contributed by atoms with Crippen molar-refractivity contribution in [2.75, 3.05) is 18.4 Å². The van der Waals surface area contributed by atoms with Crippen molar-refractivity contribution in [1.82, 2.24) is 14.6 Å². The van der Waals surface area contributed by atoms with Crippen LogP contribution in [0.25, 0.3) is 0 Å². The smallest absolute Gasteiger partial charge is 0.243 e. The summed E-state index contributed by atoms with van der Waals surface area (Å²) in [4.78, 5) is 16.2. The van der Waals surface area contributed by atoms with Gasteiger partial charge in [-0.3, -0.25) is 4.79 Å². The zero-order chi connectivity index (χ0) is 17.0. The van der Waals surface area contributed by atoms with Gasteiger partial charge < -0.3 is 10.6 Å². The fraction of sp³-hybridized carbons (Fsp3) is 0.600. The van der Waals surface area contributed by atoms with Gasteiger partial charge in [-0.2, -0.15) is 4.31 Å². The van der Waals surface area contributed by atoms with E-state index >= 15 is 0 Å². The van der Waals surface area contributed by atoms with Crippen LogP contribution in [0.3, 0.4) is 0 Å². The number of sulfonamides is 1. The lowest BCUT2D eigenvalue weighted by Gasteiger charge is -2.18. The molecule has 8 heteroatoms. The summed E-state index contributed by atoms with van der Waals surface area (Å²) in [5.74, 6) is 0.214. The van der Waals surface area contributed by atoms with E-state index in [1.807, 2.05) is 13.8 Å². The number of nitrogens with zero attached hydrogens (tertiary/aromatic N) is 2. The van der Waals surface area contributed by atoms with Crippen molar-refractivity contribution in [3.8, 4) is 0 Å². The minimum atomic E-state index is -3.48. The van der Waals surface area contributed by atoms with Gasteiger partial charge >= 0.3 is 0 Å². The maximum atomic E-state index is 12.5. The van der Waals surface area contributed by atoms with Gasteiger partial charge in [0.25, 0.3) is 0 Å². The number of hydrogen-bond acceptors (Lipinski definition) is 5. The summed E-state index contributed by atoms with van der Waals surface area (Å²) in [6.45, 7) is 6.58. The molecular formula is C15H24N4O3S. The normalized spacial score (nSPS) is 17.2. The molecule has 1 unspecified atom stereocenters. The van der Waals surface area contributed by atoms with Crippen LogP contribution in [0.15, 0.2) is 23.2 Å². The fourth-order valence-electron chi connectivity index (χ4n) is 2.42. The van der Waals surface area contributed by atoms with Gasteiger partial charge in [0, 0.05) is 31.4 Å². The second-order valence-corrected chi connectivity index (χ2v) is 7.96. The Bertz CT molecular complexity index is 654. The van der Waals surface area contributed by atoms with Gasteiger partial charge in [0.15, 0.2) is 0 Å². The first-order chi connectivity index (χ1) is 10.8. The van der Waals surface area contributed by atoms with Crippen molar-refractivity contribution >= 4 is 21.7 Å². The van der Waals surface area contributed by atoms with Gasteiger partial charge in [0.1, 0.15) is 11.9 Å². The quantitative estimate of drug-likeness (QED) is 0.812. The molecule has 2 rings (SSSR count). The first kappa shape index (κ1) is 17.7. The number of hydrogen-bond donors (Lipinski definition) is 2. The average Bonchev–Trinajstić information content (AvgIpc) is 3.01. The van der Waals surface area contributed by atoms with E-state index in [1.165, 1.54) is 22.6 Å². The van der Waals surface area contributed by atoms with Crippen LogP contribution >= 0.6 is 0 Å². The van der Waals surface area contributed by atoms with Crippen molar-refractivity contribution in [1.29, 1.82) is 0 Å². The van der Waals surface area contributed by atoms with Gasteiger partial charge in [-0.05, 0) is 39.7 Å². The third-order valence-corrected chi connectivity index (χ3v) is 5.52. The zero-order valence-electron chi connectivity index (χ0n) is 13.7. The highest BCUT2D eigenvalue weighted by atomic mass is 32.2. The van der Waals surface area contributed by atoms with Crippen molar-refractivity contribution in [3.05, 3.63) is 18.3 Å². The maximum absolute atomic E-state index is 12.5. The minimum Gasteiger partial charge on any atom is -0.359 e. The van der Waals surface area contributed by atoms with E-state index < -0.39 is 16.1 Å². The lowest BCUT2D eigenvalue weighted by Crippen LogP contribution is -2.41. The minimum absolute atomic E-state index is 0.0431. The highest BCUT2D eigenvalue weighted by Gasteiger charge is 2.27. The Morgan fingerprint density at radius 3 is 2.52 bits per heavy atom. The SMILES string of the molecule is CC(C)NC(=O)C(C)Nc1cc(S(=O)(=O)N2CCCC2)ccn1. The van der Waals surface area contributed by atoms with Crippen LogP contribution in [-0.4, -0.2) is 48.8 Å². The number of carbonyl (C=O) groups is 1. The number of amides is 1. The Morgan fingerprint density at radius 2 is 1.91 bits per heavy atom. The van der Waals surface area contributed by atoms with E-state index in [1.54, 1.807) is 6.92 Å². The van der Waals surface area contributed by atoms with Gasteiger partial charge in [0.2, 0.25) is 15.9 Å². The molecule has 23 heavy (non-hydrogen) atoms. The maximum Gasteiger partial charge on any atom is 0.243 e. The second-order valence-electron chi connectivity index (χ2n) is 6.02. The molecule has 128 valence electrons. The number of pyridine rings is 1. The highest BCUT2D eigenvalue weighted by molar-refractivity contribution is 7.89. The lowest BCUT2D eigenvalue weighted by molar-refractivity contribution is -0.122. The number of carbonyl (C=O) groups excluding carboxylic acids is 1. The first-order valence-electron chi connectivity index (χ1n) is 7.84. The standard InChI is InChI=1S/C15H24N4O3S/c1-11(2)17-15(20)12(3)18-14-10-13(6-7-16-14)23(21,22)19-8-4-5-9-19/h6-7,10-12H,4-5,8-9H2,1-3H3,(H,16,18)(H,17,20). The van der Waals surface area contributed by atoms with E-state index in [2.05, 4.69) is 15.6 Å². The molecule has 1 fully saturated rings. The molecular weight excluding hydrogens is 316 g/mol. The molecule has 1 saturated heterocycles. The van der Waals surface area contributed by atoms with Gasteiger partial charge in [-0.15, -0.1) is 0 Å². The molecule has 0 aromatic carbocycles. The number of rotatable bonds is 6. The molecule has 1 amide bonds. The molecule has 1 aliphatic rings. The molecule has 0 aliphatic carbocycles. The number of anilines is 1. The summed E-state index contributed by atoms with van der Waals surface area (Å²) in [5, 5.41) is 5.74. The van der Waals surface area contributed by atoms with E-state index in [-0.39, 0.29) is 16.8 Å². The first-order valence-corrected chi connectivity index (χ1v) is 9.28. The summed E-state index contributed by atoms with van der Waals surface area (Å²) in [5.41, 5.74) is 0. The second kappa shape index (κ2) is 7.27. The highest BCUT2D eigenvalue weighted by Crippen LogP contribution is 2.22. The Labute approximate surface area is 137 Å². The van der Waals surface area contributed by atoms with Crippen molar-refractivity contribution in [2.24, 2.45) is 0 Å². The molecule has 2 heterocycles. The van der Waals surface area contributed by atoms with Crippen LogP contribution in [-0.2, 0) is 14.8 Å². The molecule has 1 aliphatic heterocycles. The monoisotopic (exact) mass is 340 g/mol. The zero-order valence-corrected chi connectivity index (χ0v) is 14.6. The summed E-state index contributed by atoms with van der Waals surface area (Å²) in [6.07, 6.45) is 3.22. The molecule has 0 bridgehead atoms. The molecule has 0 spiro atoms. The largest absolute Gasteiger partial charge is 0.359 e. The topological polar surface area (TPSA) is 91.4 Å². The summed E-state index contributed by atoms with van der Waals surface area (Å²) in [6, 6.07) is 2.50. The van der Waals surface area contributed by atoms with Crippen molar-refractivity contribution < 1.29 is 13.2 Å².